The molecule has 1 aromatic rings. The topological polar surface area (TPSA) is 72.7 Å². The predicted octanol–water partition coefficient (Wildman–Crippen LogP) is 1.86. The summed E-state index contributed by atoms with van der Waals surface area (Å²) >= 11 is 5.77. The van der Waals surface area contributed by atoms with Gasteiger partial charge in [0.05, 0.1) is 4.92 Å². The first-order chi connectivity index (χ1) is 8.49. The summed E-state index contributed by atoms with van der Waals surface area (Å²) in [5.41, 5.74) is -0.193. The Bertz CT molecular complexity index is 506. The van der Waals surface area contributed by atoms with Crippen LogP contribution in [0.25, 0.3) is 0 Å². The maximum atomic E-state index is 11.7. The zero-order valence-electron chi connectivity index (χ0n) is 9.63. The van der Waals surface area contributed by atoms with Crippen LogP contribution >= 0.6 is 11.6 Å². The number of nitro groups is 1. The van der Waals surface area contributed by atoms with E-state index in [2.05, 4.69) is 0 Å². The average Bonchev–Trinajstić information content (AvgIpc) is 2.61. The summed E-state index contributed by atoms with van der Waals surface area (Å²) < 4.78 is 5.41. The Labute approximate surface area is 108 Å². The molecule has 0 saturated carbocycles. The molecule has 1 fully saturated rings. The lowest BCUT2D eigenvalue weighted by Gasteiger charge is -2.13. The summed E-state index contributed by atoms with van der Waals surface area (Å²) in [7, 11) is 1.66. The van der Waals surface area contributed by atoms with Gasteiger partial charge in [-0.2, -0.15) is 0 Å². The fourth-order valence-corrected chi connectivity index (χ4v) is 1.95. The highest BCUT2D eigenvalue weighted by molar-refractivity contribution is 6.30. The Kier molecular flexibility index (Phi) is 3.38. The molecule has 1 amide bonds. The number of likely N-dealkylation sites (tertiary alicyclic amines) is 1. The van der Waals surface area contributed by atoms with Crippen molar-refractivity contribution in [1.29, 1.82) is 0 Å². The molecule has 1 aliphatic heterocycles. The van der Waals surface area contributed by atoms with Crippen LogP contribution < -0.4 is 4.74 Å². The van der Waals surface area contributed by atoms with Crippen LogP contribution in [0.4, 0.5) is 5.69 Å². The van der Waals surface area contributed by atoms with Crippen molar-refractivity contribution in [1.82, 2.24) is 4.90 Å². The molecule has 1 aliphatic rings. The van der Waals surface area contributed by atoms with E-state index in [1.54, 1.807) is 7.05 Å². The van der Waals surface area contributed by atoms with E-state index in [1.807, 2.05) is 0 Å². The number of hydrogen-bond donors (Lipinski definition) is 0. The number of halogens is 1. The first-order valence-corrected chi connectivity index (χ1v) is 5.72. The van der Waals surface area contributed by atoms with Crippen molar-refractivity contribution in [3.05, 3.63) is 33.3 Å². The third kappa shape index (κ3) is 2.38. The van der Waals surface area contributed by atoms with E-state index in [4.69, 9.17) is 16.3 Å². The number of carbonyl (C=O) groups is 1. The normalized spacial score (nSPS) is 19.1. The quantitative estimate of drug-likeness (QED) is 0.621. The fourth-order valence-electron chi connectivity index (χ4n) is 1.79. The average molecular weight is 271 g/mol. The highest BCUT2D eigenvalue weighted by Crippen LogP contribution is 2.32. The van der Waals surface area contributed by atoms with Crippen LogP contribution in [0.15, 0.2) is 18.2 Å². The summed E-state index contributed by atoms with van der Waals surface area (Å²) in [6.45, 7) is 0.581. The lowest BCUT2D eigenvalue weighted by molar-refractivity contribution is -0.386. The largest absolute Gasteiger partial charge is 0.473 e. The van der Waals surface area contributed by atoms with Gasteiger partial charge in [-0.15, -0.1) is 0 Å². The Morgan fingerprint density at radius 3 is 2.83 bits per heavy atom. The highest BCUT2D eigenvalue weighted by Gasteiger charge is 2.32. The molecule has 1 heterocycles. The molecule has 0 aliphatic carbocycles. The van der Waals surface area contributed by atoms with E-state index in [9.17, 15) is 14.9 Å². The molecule has 1 saturated heterocycles. The van der Waals surface area contributed by atoms with Crippen LogP contribution in [0.3, 0.4) is 0 Å². The minimum atomic E-state index is -0.674. The number of amides is 1. The summed E-state index contributed by atoms with van der Waals surface area (Å²) in [5.74, 6) is -0.148. The minimum absolute atomic E-state index is 0.0288. The molecule has 0 bridgehead atoms. The number of rotatable bonds is 3. The minimum Gasteiger partial charge on any atom is -0.473 e. The van der Waals surface area contributed by atoms with Gasteiger partial charge in [-0.25, -0.2) is 0 Å². The van der Waals surface area contributed by atoms with Crippen LogP contribution in [0.5, 0.6) is 5.75 Å². The van der Waals surface area contributed by atoms with Crippen molar-refractivity contribution in [2.24, 2.45) is 0 Å². The molecule has 96 valence electrons. The van der Waals surface area contributed by atoms with Crippen molar-refractivity contribution >= 4 is 23.2 Å². The Hall–Kier alpha value is -1.82. The highest BCUT2D eigenvalue weighted by atomic mass is 35.5. The molecule has 0 radical (unpaired) electrons. The van der Waals surface area contributed by atoms with Gasteiger partial charge in [-0.3, -0.25) is 14.9 Å². The molecule has 1 unspecified atom stereocenters. The molecule has 0 N–H and O–H groups in total. The van der Waals surface area contributed by atoms with E-state index in [0.717, 1.165) is 0 Å². The van der Waals surface area contributed by atoms with Crippen molar-refractivity contribution in [3.8, 4) is 5.75 Å². The second-order valence-electron chi connectivity index (χ2n) is 4.02. The van der Waals surface area contributed by atoms with Crippen LogP contribution in [-0.2, 0) is 4.79 Å². The number of likely N-dealkylation sites (N-methyl/N-ethyl adjacent to an activating group) is 1. The summed E-state index contributed by atoms with van der Waals surface area (Å²) in [6, 6.07) is 4.03. The molecule has 1 aromatic carbocycles. The van der Waals surface area contributed by atoms with E-state index >= 15 is 0 Å². The molecule has 6 nitrogen and oxygen atoms in total. The number of nitro benzene ring substituents is 1. The van der Waals surface area contributed by atoms with Gasteiger partial charge in [0.1, 0.15) is 0 Å². The van der Waals surface area contributed by atoms with Crippen molar-refractivity contribution < 1.29 is 14.5 Å². The second-order valence-corrected chi connectivity index (χ2v) is 4.46. The predicted molar refractivity (Wildman–Crippen MR) is 64.8 cm³/mol. The summed E-state index contributed by atoms with van der Waals surface area (Å²) in [5, 5.41) is 11.2. The van der Waals surface area contributed by atoms with Gasteiger partial charge >= 0.3 is 5.69 Å². The summed E-state index contributed by atoms with van der Waals surface area (Å²) in [6.07, 6.45) is -0.161. The fraction of sp³-hybridized carbons (Fsp3) is 0.364. The molecule has 7 heteroatoms. The smallest absolute Gasteiger partial charge is 0.311 e. The maximum Gasteiger partial charge on any atom is 0.311 e. The van der Waals surface area contributed by atoms with Gasteiger partial charge in [-0.05, 0) is 6.07 Å². The number of carbonyl (C=O) groups excluding carboxylic acids is 1. The molecular formula is C11H11ClN2O4. The number of ether oxygens (including phenoxy) is 1. The maximum absolute atomic E-state index is 11.7. The van der Waals surface area contributed by atoms with Crippen molar-refractivity contribution in [3.63, 3.8) is 0 Å². The standard InChI is InChI=1S/C11H11ClN2O4/c1-13-5-4-9(11(13)15)18-10-6-7(12)2-3-8(10)14(16)17/h2-3,6,9H,4-5H2,1H3. The van der Waals surface area contributed by atoms with Gasteiger partial charge in [0.25, 0.3) is 5.91 Å². The lowest BCUT2D eigenvalue weighted by Crippen LogP contribution is -2.29. The Morgan fingerprint density at radius 2 is 2.28 bits per heavy atom. The van der Waals surface area contributed by atoms with Crippen LogP contribution in [0.2, 0.25) is 5.02 Å². The lowest BCUT2D eigenvalue weighted by atomic mass is 10.2. The van der Waals surface area contributed by atoms with Crippen LogP contribution in [0, 0.1) is 10.1 Å². The molecule has 2 rings (SSSR count). The first-order valence-electron chi connectivity index (χ1n) is 5.34. The Balaban J connectivity index is 2.25. The molecule has 18 heavy (non-hydrogen) atoms. The number of hydrogen-bond acceptors (Lipinski definition) is 4. The zero-order valence-corrected chi connectivity index (χ0v) is 10.4. The van der Waals surface area contributed by atoms with Gasteiger partial charge in [0.2, 0.25) is 0 Å². The number of benzene rings is 1. The van der Waals surface area contributed by atoms with E-state index < -0.39 is 11.0 Å². The molecule has 1 atom stereocenters. The molecule has 0 aromatic heterocycles. The van der Waals surface area contributed by atoms with E-state index in [0.29, 0.717) is 18.0 Å². The Morgan fingerprint density at radius 1 is 1.56 bits per heavy atom. The third-order valence-electron chi connectivity index (χ3n) is 2.77. The van der Waals surface area contributed by atoms with Crippen LogP contribution in [0.1, 0.15) is 6.42 Å². The van der Waals surface area contributed by atoms with Gasteiger partial charge < -0.3 is 9.64 Å². The van der Waals surface area contributed by atoms with Crippen LogP contribution in [-0.4, -0.2) is 35.4 Å². The third-order valence-corrected chi connectivity index (χ3v) is 3.00. The zero-order chi connectivity index (χ0) is 13.3. The first kappa shape index (κ1) is 12.6. The van der Waals surface area contributed by atoms with Gasteiger partial charge in [-0.1, -0.05) is 11.6 Å². The van der Waals surface area contributed by atoms with Crippen molar-refractivity contribution in [2.75, 3.05) is 13.6 Å². The van der Waals surface area contributed by atoms with E-state index in [-0.39, 0.29) is 17.3 Å². The van der Waals surface area contributed by atoms with Gasteiger partial charge in [0.15, 0.2) is 11.9 Å². The second kappa shape index (κ2) is 4.81. The SMILES string of the molecule is CN1CCC(Oc2cc(Cl)ccc2[N+](=O)[O-])C1=O. The number of nitrogens with zero attached hydrogens (tertiary/aromatic N) is 2. The molecular weight excluding hydrogens is 260 g/mol. The van der Waals surface area contributed by atoms with E-state index in [1.165, 1.54) is 23.1 Å². The molecule has 0 spiro atoms. The monoisotopic (exact) mass is 270 g/mol. The van der Waals surface area contributed by atoms with Gasteiger partial charge in [0, 0.05) is 37.2 Å². The summed E-state index contributed by atoms with van der Waals surface area (Å²) in [4.78, 5) is 23.5. The van der Waals surface area contributed by atoms with Crippen molar-refractivity contribution in [2.45, 2.75) is 12.5 Å².